The molecule has 0 aromatic carbocycles. The quantitative estimate of drug-likeness (QED) is 0.740. The zero-order valence-corrected chi connectivity index (χ0v) is 12.7. The molecule has 2 N–H and O–H groups in total. The molecule has 0 amide bonds. The lowest BCUT2D eigenvalue weighted by Crippen LogP contribution is -2.32. The Morgan fingerprint density at radius 2 is 2.17 bits per heavy atom. The number of nitrogens with zero attached hydrogens (tertiary/aromatic N) is 1. The summed E-state index contributed by atoms with van der Waals surface area (Å²) < 4.78 is 26.6. The normalized spacial score (nSPS) is 12.2. The van der Waals surface area contributed by atoms with Crippen molar-refractivity contribution in [3.8, 4) is 0 Å². The lowest BCUT2D eigenvalue weighted by Gasteiger charge is -2.13. The Morgan fingerprint density at radius 1 is 1.44 bits per heavy atom. The zero-order valence-electron chi connectivity index (χ0n) is 11.1. The molecule has 1 aromatic heterocycles. The van der Waals surface area contributed by atoms with E-state index in [0.717, 1.165) is 11.4 Å². The van der Waals surface area contributed by atoms with Crippen molar-refractivity contribution in [1.29, 1.82) is 0 Å². The van der Waals surface area contributed by atoms with Gasteiger partial charge in [0.25, 0.3) is 0 Å². The summed E-state index contributed by atoms with van der Waals surface area (Å²) in [5, 5.41) is 4.68. The van der Waals surface area contributed by atoms with E-state index in [4.69, 9.17) is 0 Å². The summed E-state index contributed by atoms with van der Waals surface area (Å²) >= 11 is 1.45. The first-order valence-electron chi connectivity index (χ1n) is 5.89. The molecule has 0 fully saturated rings. The van der Waals surface area contributed by atoms with Crippen LogP contribution >= 0.6 is 11.3 Å². The summed E-state index contributed by atoms with van der Waals surface area (Å²) in [6.45, 7) is 4.79. The monoisotopic (exact) mass is 291 g/mol. The minimum absolute atomic E-state index is 0.358. The highest BCUT2D eigenvalue weighted by Gasteiger charge is 2.15. The highest BCUT2D eigenvalue weighted by atomic mass is 32.2. The molecule has 104 valence electrons. The Hall–Kier alpha value is -0.470. The van der Waals surface area contributed by atoms with Crippen molar-refractivity contribution in [1.82, 2.24) is 14.9 Å². The van der Waals surface area contributed by atoms with Gasteiger partial charge in [0.05, 0.1) is 4.90 Å². The molecule has 0 bridgehead atoms. The van der Waals surface area contributed by atoms with Crippen LogP contribution in [0.5, 0.6) is 0 Å². The minimum Gasteiger partial charge on any atom is -0.315 e. The lowest BCUT2D eigenvalue weighted by atomic mass is 10.5. The van der Waals surface area contributed by atoms with Gasteiger partial charge in [-0.2, -0.15) is 0 Å². The molecule has 18 heavy (non-hydrogen) atoms. The van der Waals surface area contributed by atoms with Gasteiger partial charge in [0, 0.05) is 29.9 Å². The van der Waals surface area contributed by atoms with Crippen LogP contribution in [-0.4, -0.2) is 47.0 Å². The van der Waals surface area contributed by atoms with Crippen molar-refractivity contribution in [2.75, 3.05) is 33.7 Å². The molecule has 0 aliphatic carbocycles. The maximum atomic E-state index is 12.0. The third kappa shape index (κ3) is 4.66. The van der Waals surface area contributed by atoms with E-state index < -0.39 is 10.0 Å². The van der Waals surface area contributed by atoms with E-state index in [1.54, 1.807) is 11.4 Å². The van der Waals surface area contributed by atoms with Gasteiger partial charge < -0.3 is 10.2 Å². The molecule has 0 unspecified atom stereocenters. The van der Waals surface area contributed by atoms with Crippen LogP contribution in [0.1, 0.15) is 11.8 Å². The number of hydrogen-bond acceptors (Lipinski definition) is 5. The Kier molecular flexibility index (Phi) is 6.24. The van der Waals surface area contributed by atoms with Crippen LogP contribution in [0.15, 0.2) is 16.3 Å². The van der Waals surface area contributed by atoms with Crippen LogP contribution in [-0.2, 0) is 16.6 Å². The summed E-state index contributed by atoms with van der Waals surface area (Å²) in [6.07, 6.45) is 0. The number of thiophene rings is 1. The average Bonchev–Trinajstić information content (AvgIpc) is 2.78. The van der Waals surface area contributed by atoms with Gasteiger partial charge in [-0.25, -0.2) is 13.1 Å². The molecule has 0 radical (unpaired) electrons. The standard InChI is InChI=1S/C11H21N3O2S2/c1-4-14(3)6-5-13-18(15,16)11-7-10(8-12-2)17-9-11/h7,9,12-13H,4-6,8H2,1-3H3. The molecule has 0 spiro atoms. The smallest absolute Gasteiger partial charge is 0.241 e. The summed E-state index contributed by atoms with van der Waals surface area (Å²) in [5.74, 6) is 0. The summed E-state index contributed by atoms with van der Waals surface area (Å²) in [6, 6.07) is 1.72. The van der Waals surface area contributed by atoms with Gasteiger partial charge >= 0.3 is 0 Å². The lowest BCUT2D eigenvalue weighted by molar-refractivity contribution is 0.358. The Labute approximate surface area is 113 Å². The van der Waals surface area contributed by atoms with Gasteiger partial charge in [-0.1, -0.05) is 6.92 Å². The van der Waals surface area contributed by atoms with E-state index in [1.807, 2.05) is 21.0 Å². The van der Waals surface area contributed by atoms with Crippen LogP contribution in [0.3, 0.4) is 0 Å². The van der Waals surface area contributed by atoms with Crippen LogP contribution in [0.25, 0.3) is 0 Å². The van der Waals surface area contributed by atoms with Crippen molar-refractivity contribution in [2.24, 2.45) is 0 Å². The highest BCUT2D eigenvalue weighted by molar-refractivity contribution is 7.89. The first-order chi connectivity index (χ1) is 8.49. The van der Waals surface area contributed by atoms with Crippen LogP contribution in [0, 0.1) is 0 Å². The first kappa shape index (κ1) is 15.6. The van der Waals surface area contributed by atoms with Gasteiger partial charge in [-0.15, -0.1) is 11.3 Å². The second-order valence-electron chi connectivity index (χ2n) is 4.07. The van der Waals surface area contributed by atoms with Gasteiger partial charge in [-0.05, 0) is 26.7 Å². The molecule has 0 saturated carbocycles. The maximum absolute atomic E-state index is 12.0. The molecule has 1 aromatic rings. The predicted molar refractivity (Wildman–Crippen MR) is 75.4 cm³/mol. The molecule has 0 aliphatic heterocycles. The van der Waals surface area contributed by atoms with Gasteiger partial charge in [0.1, 0.15) is 0 Å². The zero-order chi connectivity index (χ0) is 13.6. The molecular weight excluding hydrogens is 270 g/mol. The van der Waals surface area contributed by atoms with Crippen LogP contribution in [0.4, 0.5) is 0 Å². The Morgan fingerprint density at radius 3 is 2.78 bits per heavy atom. The van der Waals surface area contributed by atoms with Crippen LogP contribution < -0.4 is 10.0 Å². The summed E-state index contributed by atoms with van der Waals surface area (Å²) in [4.78, 5) is 3.43. The predicted octanol–water partition coefficient (Wildman–Crippen LogP) is 0.698. The maximum Gasteiger partial charge on any atom is 0.241 e. The van der Waals surface area contributed by atoms with Crippen molar-refractivity contribution in [3.63, 3.8) is 0 Å². The van der Waals surface area contributed by atoms with Gasteiger partial charge in [0.2, 0.25) is 10.0 Å². The fraction of sp³-hybridized carbons (Fsp3) is 0.636. The molecular formula is C11H21N3O2S2. The topological polar surface area (TPSA) is 61.4 Å². The average molecular weight is 291 g/mol. The van der Waals surface area contributed by atoms with Gasteiger partial charge in [-0.3, -0.25) is 0 Å². The molecule has 0 aliphatic rings. The third-order valence-electron chi connectivity index (χ3n) is 2.62. The van der Waals surface area contributed by atoms with Crippen LogP contribution in [0.2, 0.25) is 0 Å². The summed E-state index contributed by atoms with van der Waals surface area (Å²) in [7, 11) is 0.447. The second kappa shape index (κ2) is 7.20. The Bertz CT molecular complexity index is 457. The third-order valence-corrected chi connectivity index (χ3v) is 5.14. The molecule has 1 rings (SSSR count). The fourth-order valence-electron chi connectivity index (χ4n) is 1.38. The van der Waals surface area contributed by atoms with E-state index in [9.17, 15) is 8.42 Å². The number of nitrogens with one attached hydrogen (secondary N) is 2. The van der Waals surface area contributed by atoms with E-state index in [1.165, 1.54) is 11.3 Å². The van der Waals surface area contributed by atoms with E-state index in [-0.39, 0.29) is 0 Å². The Balaban J connectivity index is 2.56. The van der Waals surface area contributed by atoms with Crippen molar-refractivity contribution in [2.45, 2.75) is 18.4 Å². The van der Waals surface area contributed by atoms with E-state index >= 15 is 0 Å². The molecule has 5 nitrogen and oxygen atoms in total. The summed E-state index contributed by atoms with van der Waals surface area (Å²) in [5.41, 5.74) is 0. The number of likely N-dealkylation sites (N-methyl/N-ethyl adjacent to an activating group) is 1. The SMILES string of the molecule is CCN(C)CCNS(=O)(=O)c1csc(CNC)c1. The van der Waals surface area contributed by atoms with Crippen molar-refractivity contribution < 1.29 is 8.42 Å². The van der Waals surface area contributed by atoms with Crippen molar-refractivity contribution >= 4 is 21.4 Å². The minimum atomic E-state index is -3.36. The van der Waals surface area contributed by atoms with E-state index in [2.05, 4.69) is 14.9 Å². The largest absolute Gasteiger partial charge is 0.315 e. The first-order valence-corrected chi connectivity index (χ1v) is 8.26. The highest BCUT2D eigenvalue weighted by Crippen LogP contribution is 2.18. The molecule has 7 heteroatoms. The number of sulfonamides is 1. The van der Waals surface area contributed by atoms with Gasteiger partial charge in [0.15, 0.2) is 0 Å². The van der Waals surface area contributed by atoms with Crippen molar-refractivity contribution in [3.05, 3.63) is 16.3 Å². The molecule has 1 heterocycles. The second-order valence-corrected chi connectivity index (χ2v) is 6.84. The molecule has 0 saturated heterocycles. The fourth-order valence-corrected chi connectivity index (χ4v) is 3.69. The number of rotatable bonds is 8. The van der Waals surface area contributed by atoms with E-state index in [0.29, 0.717) is 24.5 Å². The molecule has 0 atom stereocenters. The number of hydrogen-bond donors (Lipinski definition) is 2.